The first kappa shape index (κ1) is 54.0. The molecule has 0 fully saturated rings. The molecular weight excluding hydrogens is 699 g/mol. The predicted octanol–water partition coefficient (Wildman–Crippen LogP) is 15.2. The number of aliphatic hydroxyl groups is 2. The van der Waals surface area contributed by atoms with Crippen LogP contribution >= 0.6 is 0 Å². The number of unbranched alkanes of at least 4 members (excludes halogenated alkanes) is 16. The summed E-state index contributed by atoms with van der Waals surface area (Å²) in [4.78, 5) is 12.4. The van der Waals surface area contributed by atoms with Crippen LogP contribution in [0.3, 0.4) is 0 Å². The van der Waals surface area contributed by atoms with Gasteiger partial charge in [-0.05, 0) is 83.5 Å². The van der Waals surface area contributed by atoms with Crippen molar-refractivity contribution in [3.63, 3.8) is 0 Å². The zero-order valence-electron chi connectivity index (χ0n) is 37.1. The number of nitrogens with one attached hydrogen (secondary N) is 1. The maximum absolute atomic E-state index is 12.4. The summed E-state index contributed by atoms with van der Waals surface area (Å²) in [6.45, 7) is 4.22. The van der Waals surface area contributed by atoms with E-state index in [1.165, 1.54) is 77.0 Å². The number of amides is 1. The molecule has 2 unspecified atom stereocenters. The van der Waals surface area contributed by atoms with Crippen LogP contribution in [0.5, 0.6) is 0 Å². The minimum absolute atomic E-state index is 0.0684. The highest BCUT2D eigenvalue weighted by atomic mass is 16.3. The number of carbonyl (C=O) groups is 1. The first-order chi connectivity index (χ1) is 28.2. The van der Waals surface area contributed by atoms with Crippen molar-refractivity contribution in [2.75, 3.05) is 6.61 Å². The van der Waals surface area contributed by atoms with Crippen LogP contribution in [-0.2, 0) is 4.79 Å². The van der Waals surface area contributed by atoms with E-state index in [9.17, 15) is 15.0 Å². The van der Waals surface area contributed by atoms with Crippen molar-refractivity contribution in [1.29, 1.82) is 0 Å². The lowest BCUT2D eigenvalue weighted by atomic mass is 10.0. The largest absolute Gasteiger partial charge is 0.394 e. The first-order valence-corrected chi connectivity index (χ1v) is 23.6. The number of carbonyl (C=O) groups excluding carboxylic acids is 1. The molecule has 4 nitrogen and oxygen atoms in total. The number of hydrogen-bond donors (Lipinski definition) is 3. The van der Waals surface area contributed by atoms with Gasteiger partial charge in [-0.25, -0.2) is 0 Å². The molecule has 0 aromatic rings. The highest BCUT2D eigenvalue weighted by molar-refractivity contribution is 5.76. The molecule has 1 amide bonds. The Morgan fingerprint density at radius 2 is 0.772 bits per heavy atom. The Kier molecular flexibility index (Phi) is 45.0. The molecule has 0 spiro atoms. The number of rotatable bonds is 41. The van der Waals surface area contributed by atoms with E-state index in [-0.39, 0.29) is 12.5 Å². The van der Waals surface area contributed by atoms with Gasteiger partial charge in [-0.15, -0.1) is 0 Å². The molecule has 57 heavy (non-hydrogen) atoms. The molecule has 0 aliphatic rings. The van der Waals surface area contributed by atoms with Gasteiger partial charge in [0.2, 0.25) is 5.91 Å². The highest BCUT2D eigenvalue weighted by Gasteiger charge is 2.19. The molecule has 0 saturated heterocycles. The van der Waals surface area contributed by atoms with Crippen molar-refractivity contribution in [2.24, 2.45) is 0 Å². The van der Waals surface area contributed by atoms with Gasteiger partial charge in [-0.3, -0.25) is 4.79 Å². The van der Waals surface area contributed by atoms with Crippen LogP contribution in [0.1, 0.15) is 200 Å². The Morgan fingerprint density at radius 1 is 0.439 bits per heavy atom. The minimum atomic E-state index is -0.681. The van der Waals surface area contributed by atoms with Gasteiger partial charge in [-0.2, -0.15) is 0 Å². The Hall–Kier alpha value is -2.95. The van der Waals surface area contributed by atoms with Crippen molar-refractivity contribution in [1.82, 2.24) is 5.32 Å². The molecule has 0 aromatic heterocycles. The maximum Gasteiger partial charge on any atom is 0.220 e. The molecule has 324 valence electrons. The molecule has 3 N–H and O–H groups in total. The van der Waals surface area contributed by atoms with Crippen LogP contribution in [0.4, 0.5) is 0 Å². The zero-order valence-corrected chi connectivity index (χ0v) is 37.1. The Balaban J connectivity index is 3.70. The lowest BCUT2D eigenvalue weighted by molar-refractivity contribution is -0.123. The van der Waals surface area contributed by atoms with Gasteiger partial charge >= 0.3 is 0 Å². The van der Waals surface area contributed by atoms with E-state index >= 15 is 0 Å². The minimum Gasteiger partial charge on any atom is -0.394 e. The van der Waals surface area contributed by atoms with E-state index in [0.29, 0.717) is 12.8 Å². The van der Waals surface area contributed by atoms with Crippen molar-refractivity contribution in [2.45, 2.75) is 212 Å². The van der Waals surface area contributed by atoms with E-state index in [0.717, 1.165) is 96.3 Å². The fourth-order valence-corrected chi connectivity index (χ4v) is 6.47. The van der Waals surface area contributed by atoms with Crippen molar-refractivity contribution in [3.05, 3.63) is 109 Å². The standard InChI is InChI=1S/C53H89NO3/c1-3-5-7-9-11-13-15-17-19-20-21-22-23-24-25-26-27-28-29-30-31-32-33-34-35-37-39-41-43-45-47-49-53(57)54-51(50-55)52(56)48-46-44-42-40-38-36-18-16-14-12-10-8-6-4-2/h5,7,11,13,17,19,21-22,24-25,27-28,30-31,33-34,37,39,51-52,55-56H,3-4,6,8-10,12,14-16,18,20,23,26,29,32,35-36,38,40-50H2,1-2H3,(H,54,57)/b7-5-,13-11-,19-17-,22-21-,25-24-,28-27-,31-30-,34-33-,39-37-. The van der Waals surface area contributed by atoms with Gasteiger partial charge in [0.1, 0.15) is 0 Å². The summed E-state index contributed by atoms with van der Waals surface area (Å²) in [6, 6.07) is -0.562. The molecule has 0 aromatic carbocycles. The second-order valence-corrected chi connectivity index (χ2v) is 15.4. The van der Waals surface area contributed by atoms with E-state index in [1.807, 2.05) is 0 Å². The maximum atomic E-state index is 12.4. The van der Waals surface area contributed by atoms with E-state index in [4.69, 9.17) is 0 Å². The van der Waals surface area contributed by atoms with Gasteiger partial charge in [0.05, 0.1) is 18.8 Å². The fraction of sp³-hybridized carbons (Fsp3) is 0.642. The third kappa shape index (κ3) is 44.0. The Bertz CT molecular complexity index is 1120. The molecule has 2 atom stereocenters. The zero-order chi connectivity index (χ0) is 41.4. The van der Waals surface area contributed by atoms with E-state index < -0.39 is 12.1 Å². The first-order valence-electron chi connectivity index (χ1n) is 23.6. The topological polar surface area (TPSA) is 69.6 Å². The number of allylic oxidation sites excluding steroid dienone is 18. The summed E-state index contributed by atoms with van der Waals surface area (Å²) in [7, 11) is 0. The van der Waals surface area contributed by atoms with Gasteiger partial charge in [0.15, 0.2) is 0 Å². The summed E-state index contributed by atoms with van der Waals surface area (Å²) in [6.07, 6.45) is 71.7. The summed E-state index contributed by atoms with van der Waals surface area (Å²) < 4.78 is 0. The van der Waals surface area contributed by atoms with Crippen LogP contribution in [-0.4, -0.2) is 34.9 Å². The monoisotopic (exact) mass is 788 g/mol. The Labute approximate surface area is 353 Å². The smallest absolute Gasteiger partial charge is 0.220 e. The van der Waals surface area contributed by atoms with Crippen LogP contribution in [0, 0.1) is 0 Å². The Morgan fingerprint density at radius 3 is 1.14 bits per heavy atom. The van der Waals surface area contributed by atoms with Gasteiger partial charge in [-0.1, -0.05) is 220 Å². The summed E-state index contributed by atoms with van der Waals surface area (Å²) in [5.74, 6) is -0.0684. The average Bonchev–Trinajstić information content (AvgIpc) is 3.22. The lowest BCUT2D eigenvalue weighted by Gasteiger charge is -2.22. The van der Waals surface area contributed by atoms with Gasteiger partial charge in [0, 0.05) is 6.42 Å². The second-order valence-electron chi connectivity index (χ2n) is 15.4. The molecule has 4 heteroatoms. The molecule has 0 rings (SSSR count). The van der Waals surface area contributed by atoms with Crippen LogP contribution in [0.25, 0.3) is 0 Å². The van der Waals surface area contributed by atoms with E-state index in [2.05, 4.69) is 129 Å². The molecule has 0 bridgehead atoms. The van der Waals surface area contributed by atoms with Gasteiger partial charge in [0.25, 0.3) is 0 Å². The highest BCUT2D eigenvalue weighted by Crippen LogP contribution is 2.15. The fourth-order valence-electron chi connectivity index (χ4n) is 6.47. The second kappa shape index (κ2) is 47.4. The normalized spacial score (nSPS) is 14.0. The molecule has 0 heterocycles. The van der Waals surface area contributed by atoms with Crippen LogP contribution in [0.2, 0.25) is 0 Å². The number of aliphatic hydroxyl groups excluding tert-OH is 2. The quantitative estimate of drug-likeness (QED) is 0.0427. The number of hydrogen-bond acceptors (Lipinski definition) is 3. The van der Waals surface area contributed by atoms with Crippen molar-refractivity contribution in [3.8, 4) is 0 Å². The van der Waals surface area contributed by atoms with Crippen molar-refractivity contribution < 1.29 is 15.0 Å². The molecule has 0 radical (unpaired) electrons. The van der Waals surface area contributed by atoms with E-state index in [1.54, 1.807) is 0 Å². The SMILES string of the molecule is CC/C=C\C/C=C\C/C=C\C/C=C\C/C=C\C/C=C\C/C=C\C/C=C\C/C=C\CCCCCC(=O)NC(CO)C(O)CCCCCCCCCCCCCCCC. The molecule has 0 aliphatic heterocycles. The van der Waals surface area contributed by atoms with Crippen LogP contribution < -0.4 is 5.32 Å². The summed E-state index contributed by atoms with van der Waals surface area (Å²) in [5, 5.41) is 23.2. The predicted molar refractivity (Wildman–Crippen MR) is 253 cm³/mol. The molecule has 0 aliphatic carbocycles. The third-order valence-corrected chi connectivity index (χ3v) is 10.0. The third-order valence-electron chi connectivity index (χ3n) is 10.0. The molecular formula is C53H89NO3. The summed E-state index contributed by atoms with van der Waals surface area (Å²) in [5.41, 5.74) is 0. The van der Waals surface area contributed by atoms with Gasteiger partial charge < -0.3 is 15.5 Å². The molecule has 0 saturated carbocycles. The van der Waals surface area contributed by atoms with Crippen LogP contribution in [0.15, 0.2) is 109 Å². The summed E-state index contributed by atoms with van der Waals surface area (Å²) >= 11 is 0. The van der Waals surface area contributed by atoms with Crippen molar-refractivity contribution >= 4 is 5.91 Å². The average molecular weight is 788 g/mol. The lowest BCUT2D eigenvalue weighted by Crippen LogP contribution is -2.45.